The third-order valence-corrected chi connectivity index (χ3v) is 2.79. The maximum atomic E-state index is 11.8. The molecule has 96 valence electrons. The van der Waals surface area contributed by atoms with Crippen molar-refractivity contribution < 1.29 is 27.9 Å². The molecular weight excluding hydrogens is 259 g/mol. The van der Waals surface area contributed by atoms with Gasteiger partial charge >= 0.3 is 8.25 Å². The van der Waals surface area contributed by atoms with E-state index in [-0.39, 0.29) is 5.56 Å². The molecule has 1 N–H and O–H groups in total. The molecule has 0 aliphatic carbocycles. The first-order valence-corrected chi connectivity index (χ1v) is 6.32. The number of ether oxygens (including phenoxy) is 1. The predicted octanol–water partition coefficient (Wildman–Crippen LogP) is 2.02. The molecule has 0 fully saturated rings. The van der Waals surface area contributed by atoms with Crippen LogP contribution in [-0.4, -0.2) is 24.4 Å². The zero-order valence-corrected chi connectivity index (χ0v) is 10.5. The quantitative estimate of drug-likeness (QED) is 0.660. The van der Waals surface area contributed by atoms with Gasteiger partial charge in [0, 0.05) is 11.5 Å². The molecule has 1 unspecified atom stereocenters. The lowest BCUT2D eigenvalue weighted by molar-refractivity contribution is 0.0914. The van der Waals surface area contributed by atoms with Crippen molar-refractivity contribution in [3.8, 4) is 5.75 Å². The number of rotatable bonds is 5. The standard InChI is InChI=1S/C11H11O6P/c1-15-11-5-10-7(2-3-16-10)4-8(11)9(12)6-17-18(13)14/h2-5,18H,6H2,1H3,(H,13,14). The van der Waals surface area contributed by atoms with Gasteiger partial charge in [0.2, 0.25) is 0 Å². The van der Waals surface area contributed by atoms with Gasteiger partial charge in [-0.1, -0.05) is 0 Å². The van der Waals surface area contributed by atoms with Gasteiger partial charge in [-0.15, -0.1) is 0 Å². The first-order chi connectivity index (χ1) is 8.61. The topological polar surface area (TPSA) is 86.0 Å². The highest BCUT2D eigenvalue weighted by atomic mass is 31.1. The number of furan rings is 1. The van der Waals surface area contributed by atoms with Crippen LogP contribution in [0.15, 0.2) is 28.9 Å². The Hall–Kier alpha value is -1.62. The lowest BCUT2D eigenvalue weighted by Gasteiger charge is -2.07. The fourth-order valence-electron chi connectivity index (χ4n) is 1.58. The van der Waals surface area contributed by atoms with Gasteiger partial charge in [0.15, 0.2) is 5.78 Å². The molecule has 1 aromatic carbocycles. The van der Waals surface area contributed by atoms with Crippen molar-refractivity contribution in [2.45, 2.75) is 0 Å². The maximum Gasteiger partial charge on any atom is 0.317 e. The van der Waals surface area contributed by atoms with Crippen molar-refractivity contribution in [2.24, 2.45) is 0 Å². The zero-order chi connectivity index (χ0) is 13.1. The molecule has 0 amide bonds. The van der Waals surface area contributed by atoms with Crippen molar-refractivity contribution in [1.29, 1.82) is 0 Å². The molecule has 7 heteroatoms. The summed E-state index contributed by atoms with van der Waals surface area (Å²) < 4.78 is 25.1. The minimum absolute atomic E-state index is 0.287. The predicted molar refractivity (Wildman–Crippen MR) is 64.3 cm³/mol. The van der Waals surface area contributed by atoms with Crippen LogP contribution in [0.4, 0.5) is 0 Å². The average Bonchev–Trinajstić information content (AvgIpc) is 2.81. The Balaban J connectivity index is 2.35. The highest BCUT2D eigenvalue weighted by Gasteiger charge is 2.15. The Labute approximate surface area is 103 Å². The molecule has 0 saturated heterocycles. The second-order valence-electron chi connectivity index (χ2n) is 3.49. The largest absolute Gasteiger partial charge is 0.496 e. The smallest absolute Gasteiger partial charge is 0.317 e. The summed E-state index contributed by atoms with van der Waals surface area (Å²) in [5.74, 6) is -0.0917. The van der Waals surface area contributed by atoms with E-state index in [9.17, 15) is 9.36 Å². The number of Topliss-reactive ketones (excluding diaryl/α,β-unsaturated/α-hetero) is 1. The van der Waals surface area contributed by atoms with Crippen LogP contribution in [0.3, 0.4) is 0 Å². The van der Waals surface area contributed by atoms with E-state index in [4.69, 9.17) is 14.0 Å². The second-order valence-corrected chi connectivity index (χ2v) is 4.31. The number of hydrogen-bond donors (Lipinski definition) is 1. The summed E-state index contributed by atoms with van der Waals surface area (Å²) in [7, 11) is -1.69. The Bertz CT molecular complexity index is 603. The lowest BCUT2D eigenvalue weighted by atomic mass is 10.1. The second kappa shape index (κ2) is 5.35. The van der Waals surface area contributed by atoms with E-state index in [1.165, 1.54) is 13.4 Å². The first-order valence-electron chi connectivity index (χ1n) is 5.06. The fourth-order valence-corrected chi connectivity index (χ4v) is 1.84. The van der Waals surface area contributed by atoms with E-state index in [1.54, 1.807) is 18.2 Å². The first kappa shape index (κ1) is 12.8. The summed E-state index contributed by atoms with van der Waals surface area (Å²) in [4.78, 5) is 20.4. The Kier molecular flexibility index (Phi) is 3.81. The molecule has 18 heavy (non-hydrogen) atoms. The molecule has 0 aliphatic heterocycles. The van der Waals surface area contributed by atoms with Crippen molar-refractivity contribution in [3.05, 3.63) is 30.0 Å². The molecule has 0 saturated carbocycles. The highest BCUT2D eigenvalue weighted by Crippen LogP contribution is 2.27. The number of hydrogen-bond acceptors (Lipinski definition) is 5. The van der Waals surface area contributed by atoms with Gasteiger partial charge in [0.1, 0.15) is 17.9 Å². The highest BCUT2D eigenvalue weighted by molar-refractivity contribution is 7.32. The molecule has 2 rings (SSSR count). The van der Waals surface area contributed by atoms with E-state index < -0.39 is 20.6 Å². The summed E-state index contributed by atoms with van der Waals surface area (Å²) in [6.07, 6.45) is 1.50. The van der Waals surface area contributed by atoms with Gasteiger partial charge < -0.3 is 18.6 Å². The average molecular weight is 270 g/mol. The van der Waals surface area contributed by atoms with Crippen LogP contribution in [0.25, 0.3) is 11.0 Å². The summed E-state index contributed by atoms with van der Waals surface area (Å²) >= 11 is 0. The van der Waals surface area contributed by atoms with Crippen molar-refractivity contribution in [2.75, 3.05) is 13.7 Å². The normalized spacial score (nSPS) is 12.6. The van der Waals surface area contributed by atoms with E-state index in [2.05, 4.69) is 4.52 Å². The van der Waals surface area contributed by atoms with Crippen LogP contribution in [0.1, 0.15) is 10.4 Å². The van der Waals surface area contributed by atoms with Crippen LogP contribution >= 0.6 is 8.25 Å². The Morgan fingerprint density at radius 2 is 2.28 bits per heavy atom. The van der Waals surface area contributed by atoms with Crippen LogP contribution in [-0.2, 0) is 9.09 Å². The maximum absolute atomic E-state index is 11.8. The van der Waals surface area contributed by atoms with Crippen LogP contribution in [0.2, 0.25) is 0 Å². The molecule has 0 bridgehead atoms. The molecule has 2 aromatic rings. The van der Waals surface area contributed by atoms with Crippen LogP contribution in [0, 0.1) is 0 Å². The third kappa shape index (κ3) is 2.61. The summed E-state index contributed by atoms with van der Waals surface area (Å²) in [6.45, 7) is -0.464. The summed E-state index contributed by atoms with van der Waals surface area (Å²) in [6, 6.07) is 4.89. The molecule has 1 heterocycles. The van der Waals surface area contributed by atoms with Gasteiger partial charge in [0.05, 0.1) is 18.9 Å². The zero-order valence-electron chi connectivity index (χ0n) is 9.50. The number of benzene rings is 1. The Morgan fingerprint density at radius 3 is 2.94 bits per heavy atom. The van der Waals surface area contributed by atoms with Gasteiger partial charge in [-0.25, -0.2) is 0 Å². The fraction of sp³-hybridized carbons (Fsp3) is 0.182. The molecular formula is C11H11O6P. The summed E-state index contributed by atoms with van der Waals surface area (Å²) in [5, 5.41) is 0.746. The summed E-state index contributed by atoms with van der Waals surface area (Å²) in [5.41, 5.74) is 0.884. The van der Waals surface area contributed by atoms with Gasteiger partial charge in [0.25, 0.3) is 0 Å². The van der Waals surface area contributed by atoms with Crippen molar-refractivity contribution >= 4 is 25.0 Å². The van der Waals surface area contributed by atoms with E-state index in [0.29, 0.717) is 11.3 Å². The minimum atomic E-state index is -3.12. The molecule has 0 spiro atoms. The number of ketones is 1. The molecule has 1 atom stereocenters. The van der Waals surface area contributed by atoms with Gasteiger partial charge in [-0.05, 0) is 12.1 Å². The van der Waals surface area contributed by atoms with Crippen LogP contribution < -0.4 is 4.74 Å². The minimum Gasteiger partial charge on any atom is -0.496 e. The van der Waals surface area contributed by atoms with Crippen molar-refractivity contribution in [1.82, 2.24) is 0 Å². The number of fused-ring (bicyclic) bond motifs is 1. The third-order valence-electron chi connectivity index (χ3n) is 2.40. The molecule has 6 nitrogen and oxygen atoms in total. The Morgan fingerprint density at radius 1 is 1.50 bits per heavy atom. The van der Waals surface area contributed by atoms with Crippen LogP contribution in [0.5, 0.6) is 5.75 Å². The van der Waals surface area contributed by atoms with E-state index in [0.717, 1.165) is 5.39 Å². The SMILES string of the molecule is COc1cc2occc2cc1C(=O)CO[PH](=O)O. The molecule has 1 aromatic heterocycles. The van der Waals surface area contributed by atoms with E-state index >= 15 is 0 Å². The van der Waals surface area contributed by atoms with E-state index in [1.807, 2.05) is 0 Å². The number of carbonyl (C=O) groups is 1. The molecule has 0 aliphatic rings. The number of carbonyl (C=O) groups excluding carboxylic acids is 1. The van der Waals surface area contributed by atoms with Gasteiger partial charge in [-0.2, -0.15) is 0 Å². The molecule has 0 radical (unpaired) electrons. The van der Waals surface area contributed by atoms with Crippen molar-refractivity contribution in [3.63, 3.8) is 0 Å². The van der Waals surface area contributed by atoms with Gasteiger partial charge in [-0.3, -0.25) is 9.36 Å². The monoisotopic (exact) mass is 270 g/mol. The lowest BCUT2D eigenvalue weighted by Crippen LogP contribution is -2.08. The number of methoxy groups -OCH3 is 1.